The number of hydrogen-bond donors (Lipinski definition) is 3. The first-order valence-electron chi connectivity index (χ1n) is 15.7. The van der Waals surface area contributed by atoms with Crippen LogP contribution in [0.2, 0.25) is 0 Å². The average molecular weight is 616 g/mol. The Kier molecular flexibility index (Phi) is 7.57. The zero-order valence-electron chi connectivity index (χ0n) is 25.7. The van der Waals surface area contributed by atoms with Gasteiger partial charge in [-0.1, -0.05) is 31.2 Å². The Morgan fingerprint density at radius 2 is 1.89 bits per heavy atom. The van der Waals surface area contributed by atoms with Crippen LogP contribution in [0.15, 0.2) is 41.5 Å². The zero-order chi connectivity index (χ0) is 31.4. The minimum atomic E-state index is -0.809. The molecule has 1 aromatic carbocycles. The molecule has 3 N–H and O–H groups in total. The fraction of sp³-hybridized carbons (Fsp3) is 0.455. The first-order valence-corrected chi connectivity index (χ1v) is 15.7. The van der Waals surface area contributed by atoms with E-state index in [1.165, 1.54) is 4.68 Å². The number of aliphatic hydroxyl groups excluding tert-OH is 1. The van der Waals surface area contributed by atoms with Crippen LogP contribution in [-0.2, 0) is 23.7 Å². The van der Waals surface area contributed by atoms with E-state index in [1.807, 2.05) is 28.8 Å². The quantitative estimate of drug-likeness (QED) is 0.157. The second-order valence-electron chi connectivity index (χ2n) is 12.7. The summed E-state index contributed by atoms with van der Waals surface area (Å²) < 4.78 is 20.2. The van der Waals surface area contributed by atoms with Crippen LogP contribution in [0.4, 0.5) is 4.39 Å². The highest BCUT2D eigenvalue weighted by molar-refractivity contribution is 6.14. The van der Waals surface area contributed by atoms with Gasteiger partial charge in [0.2, 0.25) is 11.9 Å². The molecule has 12 heteroatoms. The Hall–Kier alpha value is -4.29. The Bertz CT molecular complexity index is 1940. The molecule has 1 unspecified atom stereocenters. The fourth-order valence-electron chi connectivity index (χ4n) is 6.70. The minimum absolute atomic E-state index is 0.0467. The van der Waals surface area contributed by atoms with Crippen molar-refractivity contribution in [2.75, 3.05) is 6.61 Å². The van der Waals surface area contributed by atoms with Crippen molar-refractivity contribution in [1.82, 2.24) is 34.4 Å². The number of H-pyrrole nitrogens is 1. The van der Waals surface area contributed by atoms with Gasteiger partial charge in [0.1, 0.15) is 5.65 Å². The van der Waals surface area contributed by atoms with Crippen molar-refractivity contribution in [3.8, 4) is 22.4 Å². The molecule has 4 aromatic heterocycles. The van der Waals surface area contributed by atoms with Crippen LogP contribution >= 0.6 is 0 Å². The van der Waals surface area contributed by atoms with Crippen molar-refractivity contribution in [2.24, 2.45) is 25.9 Å². The first kappa shape index (κ1) is 29.4. The van der Waals surface area contributed by atoms with Crippen LogP contribution in [0, 0.1) is 17.8 Å². The number of nitrogens with zero attached hydrogens (tertiary/aromatic N) is 5. The van der Waals surface area contributed by atoms with Crippen LogP contribution in [-0.4, -0.2) is 46.5 Å². The monoisotopic (exact) mass is 615 g/mol. The maximum atomic E-state index is 15.2. The van der Waals surface area contributed by atoms with Crippen LogP contribution in [0.25, 0.3) is 44.5 Å². The summed E-state index contributed by atoms with van der Waals surface area (Å²) in [6, 6.07) is 7.50. The fourth-order valence-corrected chi connectivity index (χ4v) is 6.70. The van der Waals surface area contributed by atoms with E-state index in [0.717, 1.165) is 55.0 Å². The summed E-state index contributed by atoms with van der Waals surface area (Å²) >= 11 is 0. The van der Waals surface area contributed by atoms with Crippen LogP contribution in [0.5, 0.6) is 0 Å². The number of fused-ring (bicyclic) bond motifs is 3. The summed E-state index contributed by atoms with van der Waals surface area (Å²) in [6.07, 6.45) is 8.52. The lowest BCUT2D eigenvalue weighted by molar-refractivity contribution is -0.135. The minimum Gasteiger partial charge on any atom is -0.388 e. The number of carbonyl (C=O) groups excluding carboxylic acids is 1. The molecule has 0 aliphatic heterocycles. The molecule has 4 heterocycles. The van der Waals surface area contributed by atoms with Crippen molar-refractivity contribution in [1.29, 1.82) is 0 Å². The van der Waals surface area contributed by atoms with Crippen molar-refractivity contribution < 1.29 is 19.1 Å². The number of benzene rings is 1. The number of carbonyl (C=O) groups is 1. The number of hydrogen-bond acceptors (Lipinski definition) is 6. The molecule has 2 saturated carbocycles. The number of hydroxylamine groups is 1. The highest BCUT2D eigenvalue weighted by Gasteiger charge is 2.30. The van der Waals surface area contributed by atoms with Gasteiger partial charge in [-0.2, -0.15) is 4.39 Å². The summed E-state index contributed by atoms with van der Waals surface area (Å²) in [6.45, 7) is 2.42. The van der Waals surface area contributed by atoms with Gasteiger partial charge < -0.3 is 10.1 Å². The molecule has 7 rings (SSSR count). The highest BCUT2D eigenvalue weighted by atomic mass is 19.1. The lowest BCUT2D eigenvalue weighted by atomic mass is 9.87. The predicted molar refractivity (Wildman–Crippen MR) is 167 cm³/mol. The van der Waals surface area contributed by atoms with Gasteiger partial charge in [0.15, 0.2) is 0 Å². The molecule has 0 spiro atoms. The van der Waals surface area contributed by atoms with E-state index in [2.05, 4.69) is 22.5 Å². The van der Waals surface area contributed by atoms with E-state index in [1.54, 1.807) is 31.1 Å². The second kappa shape index (κ2) is 11.6. The number of aromatic amines is 1. The largest absolute Gasteiger partial charge is 0.388 e. The van der Waals surface area contributed by atoms with E-state index < -0.39 is 12.1 Å². The van der Waals surface area contributed by atoms with Gasteiger partial charge in [0.25, 0.3) is 0 Å². The molecule has 5 aromatic rings. The molecular weight excluding hydrogens is 577 g/mol. The van der Waals surface area contributed by atoms with Crippen LogP contribution in [0.1, 0.15) is 69.6 Å². The maximum absolute atomic E-state index is 15.2. The summed E-state index contributed by atoms with van der Waals surface area (Å²) in [4.78, 5) is 38.9. The predicted octanol–water partition coefficient (Wildman–Crippen LogP) is 5.06. The molecule has 0 saturated heterocycles. The Labute approximate surface area is 259 Å². The standard InChI is InChI=1S/C33H38FN7O4/c1-18-4-12-22(13-5-18)41-29-24(40(3)33(41)44)16-35-31-27(29)26(28(36-31)23-17-39(2)37-30(23)34)20-8-6-19(7-9-20)25(42)14-15-45-38-32(43)21-10-11-21/h6-9,16-18,21-22,25,42H,4-5,10-15H2,1-3H3,(H,35,36)(H,38,43). The normalized spacial score (nSPS) is 19.4. The maximum Gasteiger partial charge on any atom is 0.329 e. The van der Waals surface area contributed by atoms with Gasteiger partial charge >= 0.3 is 5.69 Å². The third-order valence-corrected chi connectivity index (χ3v) is 9.47. The molecule has 2 aliphatic rings. The smallest absolute Gasteiger partial charge is 0.329 e. The third-order valence-electron chi connectivity index (χ3n) is 9.47. The molecular formula is C33H38FN7O4. The summed E-state index contributed by atoms with van der Waals surface area (Å²) in [7, 11) is 3.44. The van der Waals surface area contributed by atoms with Crippen molar-refractivity contribution in [3.05, 3.63) is 58.7 Å². The van der Waals surface area contributed by atoms with Crippen molar-refractivity contribution in [2.45, 2.75) is 64.0 Å². The lowest BCUT2D eigenvalue weighted by Crippen LogP contribution is -2.28. The van der Waals surface area contributed by atoms with E-state index in [4.69, 9.17) is 9.82 Å². The zero-order valence-corrected chi connectivity index (χ0v) is 25.7. The molecule has 0 radical (unpaired) electrons. The number of rotatable bonds is 9. The van der Waals surface area contributed by atoms with Gasteiger partial charge in [0.05, 0.1) is 46.6 Å². The van der Waals surface area contributed by atoms with Crippen LogP contribution in [0.3, 0.4) is 0 Å². The SMILES string of the molecule is CC1CCC(n2c(=O)n(C)c3cnc4[nH]c(-c5cn(C)nc5F)c(-c5ccc(C(O)CCONC(=O)C6CC6)cc5)c4c32)CC1. The van der Waals surface area contributed by atoms with Gasteiger partial charge in [0, 0.05) is 44.2 Å². The number of nitrogens with one attached hydrogen (secondary N) is 2. The third kappa shape index (κ3) is 5.35. The Morgan fingerprint density at radius 3 is 2.56 bits per heavy atom. The molecule has 1 amide bonds. The molecule has 236 valence electrons. The van der Waals surface area contributed by atoms with E-state index in [-0.39, 0.29) is 30.2 Å². The number of amides is 1. The molecule has 0 bridgehead atoms. The van der Waals surface area contributed by atoms with E-state index in [0.29, 0.717) is 45.9 Å². The highest BCUT2D eigenvalue weighted by Crippen LogP contribution is 2.43. The molecule has 1 atom stereocenters. The first-order chi connectivity index (χ1) is 21.7. The molecule has 45 heavy (non-hydrogen) atoms. The number of aryl methyl sites for hydroxylation is 2. The summed E-state index contributed by atoms with van der Waals surface area (Å²) in [5.41, 5.74) is 7.39. The number of imidazole rings is 1. The van der Waals surface area contributed by atoms with Gasteiger partial charge in [-0.05, 0) is 55.6 Å². The van der Waals surface area contributed by atoms with Gasteiger partial charge in [-0.3, -0.25) is 23.4 Å². The van der Waals surface area contributed by atoms with Gasteiger partial charge in [-0.15, -0.1) is 5.10 Å². The van der Waals surface area contributed by atoms with E-state index >= 15 is 4.39 Å². The van der Waals surface area contributed by atoms with Crippen LogP contribution < -0.4 is 11.2 Å². The Balaban J connectivity index is 1.31. The molecule has 11 nitrogen and oxygen atoms in total. The molecule has 2 fully saturated rings. The number of halogens is 1. The van der Waals surface area contributed by atoms with Crippen molar-refractivity contribution in [3.63, 3.8) is 0 Å². The number of aliphatic hydroxyl groups is 1. The number of aromatic nitrogens is 6. The average Bonchev–Trinajstić information content (AvgIpc) is 3.67. The number of pyridine rings is 1. The Morgan fingerprint density at radius 1 is 1.16 bits per heavy atom. The topological polar surface area (TPSA) is 132 Å². The van der Waals surface area contributed by atoms with E-state index in [9.17, 15) is 14.7 Å². The lowest BCUT2D eigenvalue weighted by Gasteiger charge is -2.27. The summed E-state index contributed by atoms with van der Waals surface area (Å²) in [5, 5.41) is 15.5. The summed E-state index contributed by atoms with van der Waals surface area (Å²) in [5.74, 6) is -0.0584. The van der Waals surface area contributed by atoms with Crippen molar-refractivity contribution >= 4 is 28.0 Å². The van der Waals surface area contributed by atoms with Gasteiger partial charge in [-0.25, -0.2) is 15.3 Å². The molecule has 2 aliphatic carbocycles. The second-order valence-corrected chi connectivity index (χ2v) is 12.7.